The fourth-order valence-corrected chi connectivity index (χ4v) is 0. The van der Waals surface area contributed by atoms with Crippen LogP contribution in [-0.2, 0) is 34.1 Å². The predicted octanol–water partition coefficient (Wildman–Crippen LogP) is -1.57. The van der Waals surface area contributed by atoms with E-state index in [1.807, 2.05) is 0 Å². The fourth-order valence-electron chi connectivity index (χ4n) is 0. The molecule has 0 aliphatic carbocycles. The third-order valence-corrected chi connectivity index (χ3v) is 0. The quantitative estimate of drug-likeness (QED) is 0.376. The van der Waals surface area contributed by atoms with Crippen LogP contribution in [0.2, 0.25) is 0 Å². The van der Waals surface area contributed by atoms with E-state index in [0.717, 1.165) is 10.1 Å². The molecule has 0 saturated heterocycles. The zero-order chi connectivity index (χ0) is 2.00. The number of hydrogen-bond acceptors (Lipinski definition) is 0. The van der Waals surface area contributed by atoms with Gasteiger partial charge in [-0.3, -0.25) is 0 Å². The van der Waals surface area contributed by atoms with E-state index in [1.54, 1.807) is 0 Å². The first kappa shape index (κ1) is 18.4. The Labute approximate surface area is 51.8 Å². The minimum absolute atomic E-state index is 0. The van der Waals surface area contributed by atoms with Crippen LogP contribution in [0.1, 0.15) is 0 Å². The molecule has 4 heteroatoms. The van der Waals surface area contributed by atoms with Gasteiger partial charge in [0.1, 0.15) is 0 Å². The summed E-state index contributed by atoms with van der Waals surface area (Å²) < 4.78 is 0. The van der Waals surface area contributed by atoms with Gasteiger partial charge >= 0.3 is 0 Å². The molecule has 4 radical (unpaired) electrons. The Morgan fingerprint density at radius 2 is 1.25 bits per heavy atom. The summed E-state index contributed by atoms with van der Waals surface area (Å²) in [6, 6.07) is 0. The maximum atomic E-state index is 4.64. The summed E-state index contributed by atoms with van der Waals surface area (Å²) in [5.74, 6) is 0. The van der Waals surface area contributed by atoms with Crippen LogP contribution in [0.5, 0.6) is 0 Å². The molecule has 0 nitrogen and oxygen atoms in total. The largest absolute Gasteiger partial charge is 0.0434 e. The topological polar surface area (TPSA) is 0 Å². The van der Waals surface area contributed by atoms with Crippen LogP contribution in [-0.4, -0.2) is 17.6 Å². The number of rotatable bonds is 0. The number of hydrogen-bond donors (Lipinski definition) is 0. The summed E-state index contributed by atoms with van der Waals surface area (Å²) in [6.45, 7) is 0. The van der Waals surface area contributed by atoms with Gasteiger partial charge in [-0.1, -0.05) is 0 Å². The molecule has 0 aromatic heterocycles. The Bertz CT molecular complexity index is 8.00. The first-order valence-corrected chi connectivity index (χ1v) is 1.73. The average molecular weight is 160 g/mol. The summed E-state index contributed by atoms with van der Waals surface area (Å²) in [4.78, 5) is 0. The Kier molecular flexibility index (Phi) is 126. The standard InChI is InChI=1S/BH3Si.Cu.Mn/c1-2;;/h2H3;;. The van der Waals surface area contributed by atoms with Crippen molar-refractivity contribution >= 4 is 17.6 Å². The van der Waals surface area contributed by atoms with E-state index < -0.39 is 0 Å². The molecule has 0 N–H and O–H groups in total. The van der Waals surface area contributed by atoms with Gasteiger partial charge < -0.3 is 0 Å². The zero-order valence-electron chi connectivity index (χ0n) is 2.26. The van der Waals surface area contributed by atoms with Gasteiger partial charge in [-0.25, -0.2) is 0 Å². The molecule has 0 saturated carbocycles. The third-order valence-electron chi connectivity index (χ3n) is 0. The van der Waals surface area contributed by atoms with Crippen molar-refractivity contribution in [3.8, 4) is 0 Å². The Balaban J connectivity index is -0.00000000500. The molecule has 0 aliphatic heterocycles. The van der Waals surface area contributed by atoms with E-state index >= 15 is 0 Å². The van der Waals surface area contributed by atoms with E-state index in [2.05, 4.69) is 7.44 Å². The van der Waals surface area contributed by atoms with Gasteiger partial charge in [-0.15, -0.1) is 0 Å². The van der Waals surface area contributed by atoms with Gasteiger partial charge in [0.05, 0.1) is 0 Å². The van der Waals surface area contributed by atoms with Crippen molar-refractivity contribution in [3.63, 3.8) is 0 Å². The molecule has 0 aromatic carbocycles. The van der Waals surface area contributed by atoms with Crippen molar-refractivity contribution < 1.29 is 34.1 Å². The van der Waals surface area contributed by atoms with Crippen molar-refractivity contribution in [2.45, 2.75) is 0 Å². The normalized spacial score (nSPS) is 2.00. The molecular weight excluding hydrogens is 157 g/mol. The maximum absolute atomic E-state index is 4.64. The molecule has 0 spiro atoms. The molecule has 4 heavy (non-hydrogen) atoms. The van der Waals surface area contributed by atoms with Crippen molar-refractivity contribution in [1.29, 1.82) is 0 Å². The molecule has 0 heterocycles. The summed E-state index contributed by atoms with van der Waals surface area (Å²) >= 11 is 0. The van der Waals surface area contributed by atoms with E-state index in [-0.39, 0.29) is 34.1 Å². The summed E-state index contributed by atoms with van der Waals surface area (Å²) in [7, 11) is 5.44. The Morgan fingerprint density at radius 1 is 1.25 bits per heavy atom. The first-order chi connectivity index (χ1) is 1.00. The van der Waals surface area contributed by atoms with E-state index in [9.17, 15) is 0 Å². The molecule has 0 aliphatic rings. The second kappa shape index (κ2) is 27.3. The van der Waals surface area contributed by atoms with Crippen molar-refractivity contribution in [1.82, 2.24) is 0 Å². The van der Waals surface area contributed by atoms with Gasteiger partial charge in [0, 0.05) is 41.6 Å². The van der Waals surface area contributed by atoms with E-state index in [0.29, 0.717) is 0 Å². The average Bonchev–Trinajstić information content (AvgIpc) is 1.00. The van der Waals surface area contributed by atoms with Crippen LogP contribution in [0.15, 0.2) is 0 Å². The van der Waals surface area contributed by atoms with Gasteiger partial charge in [-0.2, -0.15) is 0 Å². The molecule has 0 atom stereocenters. The molecule has 0 bridgehead atoms. The molecule has 0 fully saturated rings. The monoisotopic (exact) mass is 160 g/mol. The van der Waals surface area contributed by atoms with Gasteiger partial charge in [0.2, 0.25) is 0 Å². The summed E-state index contributed by atoms with van der Waals surface area (Å²) in [6.07, 6.45) is 0. The fraction of sp³-hybridized carbons (Fsp3) is 0. The van der Waals surface area contributed by atoms with Crippen LogP contribution in [0.3, 0.4) is 0 Å². The van der Waals surface area contributed by atoms with Crippen LogP contribution >= 0.6 is 0 Å². The van der Waals surface area contributed by atoms with Gasteiger partial charge in [0.25, 0.3) is 0 Å². The SMILES string of the molecule is [B][SiH3].[Cu].[Mn]. The van der Waals surface area contributed by atoms with Gasteiger partial charge in [0.15, 0.2) is 0 Å². The molecule has 0 rings (SSSR count). The van der Waals surface area contributed by atoms with Crippen molar-refractivity contribution in [3.05, 3.63) is 0 Å². The van der Waals surface area contributed by atoms with Gasteiger partial charge in [-0.05, 0) is 10.1 Å². The van der Waals surface area contributed by atoms with Crippen LogP contribution in [0.25, 0.3) is 0 Å². The van der Waals surface area contributed by atoms with Crippen LogP contribution in [0, 0.1) is 0 Å². The maximum Gasteiger partial charge on any atom is 0.0434 e. The zero-order valence-corrected chi connectivity index (χ0v) is 6.38. The van der Waals surface area contributed by atoms with Crippen molar-refractivity contribution in [2.75, 3.05) is 0 Å². The van der Waals surface area contributed by atoms with Crippen LogP contribution < -0.4 is 0 Å². The Hall–Kier alpha value is 1.32. The third kappa shape index (κ3) is 10.3. The second-order valence-electron chi connectivity index (χ2n) is 0. The molecule has 0 unspecified atom stereocenters. The Morgan fingerprint density at radius 3 is 1.25 bits per heavy atom. The molecule has 28 valence electrons. The smallest absolute Gasteiger partial charge is 0.0388 e. The minimum Gasteiger partial charge on any atom is -0.0388 e. The molecule has 0 aromatic rings. The summed E-state index contributed by atoms with van der Waals surface area (Å²) in [5, 5.41) is 0. The second-order valence-corrected chi connectivity index (χ2v) is 0. The van der Waals surface area contributed by atoms with E-state index in [4.69, 9.17) is 0 Å². The van der Waals surface area contributed by atoms with Crippen LogP contribution in [0.4, 0.5) is 0 Å². The first-order valence-electron chi connectivity index (χ1n) is 0.577. The van der Waals surface area contributed by atoms with E-state index in [1.165, 1.54) is 0 Å². The minimum atomic E-state index is 0. The molecular formula is H3BCuMnSi. The van der Waals surface area contributed by atoms with Crippen molar-refractivity contribution in [2.24, 2.45) is 0 Å². The molecule has 0 amide bonds. The summed E-state index contributed by atoms with van der Waals surface area (Å²) in [5.41, 5.74) is 0. The predicted molar refractivity (Wildman–Crippen MR) is 15.7 cm³/mol.